The Labute approximate surface area is 52.7 Å². The van der Waals surface area contributed by atoms with Gasteiger partial charge in [0.1, 0.15) is 0 Å². The van der Waals surface area contributed by atoms with Crippen molar-refractivity contribution in [3.63, 3.8) is 0 Å². The number of rotatable bonds is 0. The van der Waals surface area contributed by atoms with Crippen LogP contribution in [-0.2, 0) is 0 Å². The van der Waals surface area contributed by atoms with Crippen LogP contribution in [0, 0.1) is 6.92 Å². The van der Waals surface area contributed by atoms with Gasteiger partial charge < -0.3 is 0 Å². The molecule has 1 rings (SSSR count). The molecule has 34 valence electrons. The second-order valence-electron chi connectivity index (χ2n) is 1.50. The average molecular weight is 151 g/mol. The zero-order valence-electron chi connectivity index (χ0n) is 4.13. The zero-order chi connectivity index (χ0) is 5.28. The molecule has 1 heterocycles. The van der Waals surface area contributed by atoms with E-state index in [1.807, 2.05) is 22.7 Å². The summed E-state index contributed by atoms with van der Waals surface area (Å²) >= 11 is 1.50. The molecule has 0 bridgehead atoms. The number of hydrogen-bond acceptors (Lipinski definition) is 1. The molecule has 0 aliphatic rings. The minimum absolute atomic E-state index is 1.23. The van der Waals surface area contributed by atoms with Crippen molar-refractivity contribution in [3.8, 4) is 0 Å². The molecular formula is C4H5GaN2. The van der Waals surface area contributed by atoms with Gasteiger partial charge in [-0.3, -0.25) is 0 Å². The number of hydrogen-bond donors (Lipinski definition) is 0. The Morgan fingerprint density at radius 1 is 1.86 bits per heavy atom. The van der Waals surface area contributed by atoms with Gasteiger partial charge in [0, 0.05) is 0 Å². The van der Waals surface area contributed by atoms with Crippen molar-refractivity contribution in [2.75, 3.05) is 0 Å². The maximum absolute atomic E-state index is 3.96. The predicted octanol–water partition coefficient (Wildman–Crippen LogP) is 0.123. The summed E-state index contributed by atoms with van der Waals surface area (Å²) in [6, 6.07) is 0. The molecule has 0 atom stereocenters. The molecule has 1 aromatic heterocycles. The second-order valence-corrected chi connectivity index (χ2v) is 2.61. The Morgan fingerprint density at radius 3 is 2.71 bits per heavy atom. The molecule has 0 spiro atoms. The van der Waals surface area contributed by atoms with Gasteiger partial charge in [-0.25, -0.2) is 0 Å². The van der Waals surface area contributed by atoms with Crippen LogP contribution < -0.4 is 0 Å². The van der Waals surface area contributed by atoms with Crippen LogP contribution in [0.2, 0.25) is 0 Å². The molecule has 7 heavy (non-hydrogen) atoms. The molecule has 0 amide bonds. The monoisotopic (exact) mass is 150 g/mol. The summed E-state index contributed by atoms with van der Waals surface area (Å²) in [6.07, 6.45) is 3.85. The van der Waals surface area contributed by atoms with Gasteiger partial charge >= 0.3 is 52.2 Å². The first kappa shape index (κ1) is 4.99. The fraction of sp³-hybridized carbons (Fsp3) is 0.250. The zero-order valence-corrected chi connectivity index (χ0v) is 6.55. The normalized spacial score (nSPS) is 9.29. The number of aryl methyl sites for hydroxylation is 1. The third-order valence-electron chi connectivity index (χ3n) is 0.731. The summed E-state index contributed by atoms with van der Waals surface area (Å²) in [5.74, 6) is 0. The summed E-state index contributed by atoms with van der Waals surface area (Å²) < 4.78 is 1.85. The summed E-state index contributed by atoms with van der Waals surface area (Å²) in [7, 11) is 0. The van der Waals surface area contributed by atoms with Gasteiger partial charge in [0.15, 0.2) is 0 Å². The summed E-state index contributed by atoms with van der Waals surface area (Å²) in [5.41, 5.74) is 1.23. The van der Waals surface area contributed by atoms with Crippen molar-refractivity contribution in [1.29, 1.82) is 0 Å². The number of nitrogens with zero attached hydrogens (tertiary/aromatic N) is 2. The summed E-state index contributed by atoms with van der Waals surface area (Å²) in [5, 5.41) is 3.96. The SMILES string of the molecule is Cc1cn[n]([Ga])c1. The van der Waals surface area contributed by atoms with E-state index >= 15 is 0 Å². The minimum atomic E-state index is 1.23. The van der Waals surface area contributed by atoms with E-state index in [0.29, 0.717) is 0 Å². The molecule has 2 nitrogen and oxygen atoms in total. The fourth-order valence-electron chi connectivity index (χ4n) is 0.433. The van der Waals surface area contributed by atoms with Gasteiger partial charge in [-0.2, -0.15) is 0 Å². The van der Waals surface area contributed by atoms with Gasteiger partial charge in [-0.05, 0) is 0 Å². The molecule has 2 radical (unpaired) electrons. The Bertz CT molecular complexity index is 142. The molecule has 0 saturated heterocycles. The topological polar surface area (TPSA) is 17.8 Å². The molecule has 3 heteroatoms. The van der Waals surface area contributed by atoms with Gasteiger partial charge in [0.2, 0.25) is 0 Å². The van der Waals surface area contributed by atoms with Gasteiger partial charge in [0.25, 0.3) is 0 Å². The second kappa shape index (κ2) is 1.75. The number of aromatic nitrogens is 2. The van der Waals surface area contributed by atoms with E-state index in [0.717, 1.165) is 0 Å². The van der Waals surface area contributed by atoms with Crippen LogP contribution in [0.25, 0.3) is 0 Å². The molecule has 0 fully saturated rings. The van der Waals surface area contributed by atoms with Crippen molar-refractivity contribution >= 4 is 18.8 Å². The van der Waals surface area contributed by atoms with Crippen LogP contribution in [0.4, 0.5) is 0 Å². The molecule has 1 aromatic rings. The van der Waals surface area contributed by atoms with Crippen LogP contribution in [0.15, 0.2) is 12.4 Å². The first-order chi connectivity index (χ1) is 3.29. The van der Waals surface area contributed by atoms with E-state index in [1.54, 1.807) is 0 Å². The average Bonchev–Trinajstić information content (AvgIpc) is 1.87. The van der Waals surface area contributed by atoms with Gasteiger partial charge in [0.05, 0.1) is 0 Å². The quantitative estimate of drug-likeness (QED) is 0.481. The van der Waals surface area contributed by atoms with E-state index in [2.05, 4.69) is 5.10 Å². The van der Waals surface area contributed by atoms with Gasteiger partial charge in [-0.1, -0.05) is 0 Å². The third-order valence-corrected chi connectivity index (χ3v) is 1.32. The predicted molar refractivity (Wildman–Crippen MR) is 28.1 cm³/mol. The Balaban J connectivity index is 3.04. The molecule has 0 aliphatic carbocycles. The molecule has 0 aromatic carbocycles. The maximum atomic E-state index is 3.96. The third kappa shape index (κ3) is 1.11. The van der Waals surface area contributed by atoms with Crippen molar-refractivity contribution in [1.82, 2.24) is 8.49 Å². The Morgan fingerprint density at radius 2 is 2.57 bits per heavy atom. The van der Waals surface area contributed by atoms with Crippen molar-refractivity contribution in [2.45, 2.75) is 6.92 Å². The van der Waals surface area contributed by atoms with Crippen molar-refractivity contribution < 1.29 is 0 Å². The van der Waals surface area contributed by atoms with E-state index in [-0.39, 0.29) is 0 Å². The van der Waals surface area contributed by atoms with Gasteiger partial charge in [-0.15, -0.1) is 0 Å². The van der Waals surface area contributed by atoms with Crippen LogP contribution in [-0.4, -0.2) is 27.3 Å². The molecule has 0 unspecified atom stereocenters. The van der Waals surface area contributed by atoms with Crippen LogP contribution >= 0.6 is 0 Å². The van der Waals surface area contributed by atoms with Crippen molar-refractivity contribution in [3.05, 3.63) is 18.0 Å². The van der Waals surface area contributed by atoms with E-state index in [9.17, 15) is 0 Å². The van der Waals surface area contributed by atoms with Crippen LogP contribution in [0.5, 0.6) is 0 Å². The standard InChI is InChI=1S/C4H5N2.Ga/c1-4-2-5-6-3-4;/h2-3H,1H3;/q-1;+1. The Kier molecular flexibility index (Phi) is 1.25. The molecule has 0 aliphatic heterocycles. The summed E-state index contributed by atoms with van der Waals surface area (Å²) in [4.78, 5) is 0. The molecule has 0 saturated carbocycles. The van der Waals surface area contributed by atoms with E-state index in [1.165, 1.54) is 24.4 Å². The Hall–Kier alpha value is -0.154. The summed E-state index contributed by atoms with van der Waals surface area (Å²) in [6.45, 7) is 2.03. The van der Waals surface area contributed by atoms with E-state index < -0.39 is 0 Å². The van der Waals surface area contributed by atoms with Crippen molar-refractivity contribution in [2.24, 2.45) is 0 Å². The van der Waals surface area contributed by atoms with E-state index in [4.69, 9.17) is 0 Å². The first-order valence-electron chi connectivity index (χ1n) is 2.05. The van der Waals surface area contributed by atoms with Crippen LogP contribution in [0.1, 0.15) is 5.56 Å². The molecular weight excluding hydrogens is 146 g/mol. The van der Waals surface area contributed by atoms with Crippen LogP contribution in [0.3, 0.4) is 0 Å². The first-order valence-corrected chi connectivity index (χ1v) is 3.14. The fourth-order valence-corrected chi connectivity index (χ4v) is 1.07. The molecule has 0 N–H and O–H groups in total.